The third kappa shape index (κ3) is 11.4. The molecule has 58 valence electrons. The van der Waals surface area contributed by atoms with Gasteiger partial charge in [-0.05, 0) is 6.42 Å². The molecule has 0 aromatic heterocycles. The molecule has 0 saturated heterocycles. The zero-order chi connectivity index (χ0) is 7.70. The predicted octanol–water partition coefficient (Wildman–Crippen LogP) is 0.980. The maximum absolute atomic E-state index is 11.9. The third-order valence-corrected chi connectivity index (χ3v) is 0.800. The molecule has 0 radical (unpaired) electrons. The number of hydrogen-bond donors (Lipinski definition) is 2. The zero-order valence-corrected chi connectivity index (χ0v) is 5.35. The van der Waals surface area contributed by atoms with Crippen molar-refractivity contribution in [3.63, 3.8) is 0 Å². The van der Waals surface area contributed by atoms with Crippen LogP contribution in [0.25, 0.3) is 0 Å². The Morgan fingerprint density at radius 1 is 1.44 bits per heavy atom. The van der Waals surface area contributed by atoms with Gasteiger partial charge in [0.05, 0.1) is 6.61 Å². The topological polar surface area (TPSA) is 40.5 Å². The van der Waals surface area contributed by atoms with Gasteiger partial charge in [-0.1, -0.05) is 17.9 Å². The van der Waals surface area contributed by atoms with Crippen molar-refractivity contribution in [3.05, 3.63) is 0 Å². The Labute approximate surface area is 53.0 Å². The van der Waals surface area contributed by atoms with Crippen LogP contribution in [0.15, 0.2) is 0 Å². The van der Waals surface area contributed by atoms with Crippen molar-refractivity contribution >= 4 is 0 Å². The van der Waals surface area contributed by atoms with E-state index < -0.39 is 6.17 Å². The number of hydrogen-bond acceptors (Lipinski definition) is 2. The van der Waals surface area contributed by atoms with Gasteiger partial charge in [0.15, 0.2) is 0 Å². The zero-order valence-electron chi connectivity index (χ0n) is 5.35. The van der Waals surface area contributed by atoms with Crippen molar-refractivity contribution in [3.8, 4) is 0 Å². The molecule has 1 unspecified atom stereocenters. The Bertz CT molecular complexity index is 43.9. The molecule has 1 atom stereocenters. The van der Waals surface area contributed by atoms with Crippen LogP contribution in [0, 0.1) is 0 Å². The minimum Gasteiger partial charge on any atom is -0.393 e. The fourth-order valence-electron chi connectivity index (χ4n) is 0.405. The smallest absolute Gasteiger partial charge is 0.123 e. The molecule has 0 amide bonds. The minimum atomic E-state index is -0.995. The van der Waals surface area contributed by atoms with Gasteiger partial charge in [0, 0.05) is 0 Å². The summed E-state index contributed by atoms with van der Waals surface area (Å²) in [5.41, 5.74) is 0. The van der Waals surface area contributed by atoms with Crippen molar-refractivity contribution in [1.29, 1.82) is 0 Å². The van der Waals surface area contributed by atoms with E-state index >= 15 is 0 Å². The molecule has 0 saturated carbocycles. The highest BCUT2D eigenvalue weighted by molar-refractivity contribution is 4.49. The number of aliphatic hydroxyl groups excluding tert-OH is 1. The molecule has 0 spiro atoms. The van der Waals surface area contributed by atoms with E-state index in [4.69, 9.17) is 14.9 Å². The molecule has 9 heavy (non-hydrogen) atoms. The van der Waals surface area contributed by atoms with E-state index in [0.29, 0.717) is 6.42 Å². The Kier molecular flexibility index (Phi) is 13.8. The fraction of sp³-hybridized carbons (Fsp3) is 1.00. The maximum Gasteiger partial charge on any atom is 0.123 e. The number of rotatable bonds is 3. The van der Waals surface area contributed by atoms with Gasteiger partial charge in [-0.2, -0.15) is 0 Å². The van der Waals surface area contributed by atoms with Crippen molar-refractivity contribution in [2.24, 2.45) is 0 Å². The first-order valence-corrected chi connectivity index (χ1v) is 2.73. The summed E-state index contributed by atoms with van der Waals surface area (Å²) in [6, 6.07) is 0. The average molecular weight is 142 g/mol. The molecule has 0 bridgehead atoms. The summed E-state index contributed by atoms with van der Waals surface area (Å²) in [5, 5.41) is 13.6. The van der Waals surface area contributed by atoms with E-state index in [0.717, 1.165) is 6.42 Å². The average Bonchev–Trinajstić information content (AvgIpc) is 1.93. The molecule has 2 nitrogen and oxygen atoms in total. The van der Waals surface area contributed by atoms with E-state index in [1.165, 1.54) is 0 Å². The summed E-state index contributed by atoms with van der Waals surface area (Å²) < 4.78 is 20.4. The Hall–Kier alpha value is -0.220. The van der Waals surface area contributed by atoms with E-state index in [1.54, 1.807) is 0 Å². The molecule has 0 heterocycles. The van der Waals surface area contributed by atoms with E-state index in [2.05, 4.69) is 0 Å². The first kappa shape index (κ1) is 11.6. The van der Waals surface area contributed by atoms with Gasteiger partial charge in [-0.3, -0.25) is 0 Å². The van der Waals surface area contributed by atoms with Gasteiger partial charge < -0.3 is 5.11 Å². The highest BCUT2D eigenvalue weighted by Gasteiger charge is 1.99. The SMILES string of the molecule is CCCC(F)CO.OF. The molecule has 0 aromatic rings. The minimum absolute atomic E-state index is 0.326. The van der Waals surface area contributed by atoms with E-state index in [9.17, 15) is 4.39 Å². The fourth-order valence-corrected chi connectivity index (χ4v) is 0.405. The highest BCUT2D eigenvalue weighted by atomic mass is 19.3. The van der Waals surface area contributed by atoms with Crippen LogP contribution in [0.4, 0.5) is 8.92 Å². The quantitative estimate of drug-likeness (QED) is 0.616. The van der Waals surface area contributed by atoms with Crippen LogP contribution in [0.1, 0.15) is 19.8 Å². The van der Waals surface area contributed by atoms with Crippen molar-refractivity contribution < 1.29 is 19.3 Å². The first-order valence-electron chi connectivity index (χ1n) is 2.73. The predicted molar refractivity (Wildman–Crippen MR) is 30.2 cm³/mol. The Morgan fingerprint density at radius 2 is 1.89 bits per heavy atom. The van der Waals surface area contributed by atoms with Crippen molar-refractivity contribution in [2.45, 2.75) is 25.9 Å². The van der Waals surface area contributed by atoms with Crippen LogP contribution in [0.2, 0.25) is 0 Å². The summed E-state index contributed by atoms with van der Waals surface area (Å²) in [4.78, 5) is 0. The molecule has 0 aliphatic rings. The summed E-state index contributed by atoms with van der Waals surface area (Å²) >= 11 is 0. The third-order valence-electron chi connectivity index (χ3n) is 0.800. The van der Waals surface area contributed by atoms with Gasteiger partial charge in [0.25, 0.3) is 0 Å². The normalized spacial score (nSPS) is 11.7. The Morgan fingerprint density at radius 3 is 2.00 bits per heavy atom. The van der Waals surface area contributed by atoms with Gasteiger partial charge in [0.2, 0.25) is 0 Å². The summed E-state index contributed by atoms with van der Waals surface area (Å²) in [5.74, 6) is 0. The first-order chi connectivity index (χ1) is 4.31. The van der Waals surface area contributed by atoms with Crippen molar-refractivity contribution in [2.75, 3.05) is 6.61 Å². The second-order valence-electron chi connectivity index (χ2n) is 1.57. The van der Waals surface area contributed by atoms with Gasteiger partial charge in [0.1, 0.15) is 6.17 Å². The van der Waals surface area contributed by atoms with Crippen LogP contribution < -0.4 is 0 Å². The molecule has 0 fully saturated rings. The second kappa shape index (κ2) is 10.7. The lowest BCUT2D eigenvalue weighted by molar-refractivity contribution is -0.0441. The molecular weight excluding hydrogens is 130 g/mol. The van der Waals surface area contributed by atoms with Crippen molar-refractivity contribution in [1.82, 2.24) is 0 Å². The Balaban J connectivity index is 0. The largest absolute Gasteiger partial charge is 0.393 e. The standard InChI is InChI=1S/C5H11FO.FHO/c1-2-3-5(6)4-7;1-2/h5,7H,2-4H2,1H3;2H. The molecule has 0 aliphatic heterocycles. The van der Waals surface area contributed by atoms with Crippen LogP contribution in [-0.2, 0) is 0 Å². The second-order valence-corrected chi connectivity index (χ2v) is 1.57. The van der Waals surface area contributed by atoms with Gasteiger partial charge in [-0.25, -0.2) is 9.70 Å². The van der Waals surface area contributed by atoms with Gasteiger partial charge >= 0.3 is 0 Å². The summed E-state index contributed by atoms with van der Waals surface area (Å²) in [6.45, 7) is 1.57. The monoisotopic (exact) mass is 142 g/mol. The van der Waals surface area contributed by atoms with E-state index in [1.807, 2.05) is 6.92 Å². The van der Waals surface area contributed by atoms with Crippen LogP contribution in [0.3, 0.4) is 0 Å². The number of halogens is 2. The molecule has 2 N–H and O–H groups in total. The molecule has 0 aromatic carbocycles. The lowest BCUT2D eigenvalue weighted by Crippen LogP contribution is -2.03. The summed E-state index contributed by atoms with van der Waals surface area (Å²) in [7, 11) is 0. The van der Waals surface area contributed by atoms with Crippen LogP contribution in [0.5, 0.6) is 0 Å². The molecule has 0 aliphatic carbocycles. The molecule has 4 heteroatoms. The lowest BCUT2D eigenvalue weighted by atomic mass is 10.2. The molecular formula is C5H12F2O2. The molecule has 0 rings (SSSR count). The highest BCUT2D eigenvalue weighted by Crippen LogP contribution is 1.97. The maximum atomic E-state index is 11.9. The summed E-state index contributed by atoms with van der Waals surface area (Å²) in [6.07, 6.45) is 0.295. The van der Waals surface area contributed by atoms with E-state index in [-0.39, 0.29) is 6.61 Å². The number of aliphatic hydroxyl groups is 1. The van der Waals surface area contributed by atoms with Crippen LogP contribution in [-0.4, -0.2) is 23.2 Å². The number of alkyl halides is 1. The van der Waals surface area contributed by atoms with Gasteiger partial charge in [-0.15, -0.1) is 0 Å². The lowest BCUT2D eigenvalue weighted by Gasteiger charge is -1.97. The van der Waals surface area contributed by atoms with Crippen LogP contribution >= 0.6 is 0 Å².